The SMILES string of the molecule is CC(C)[C@H](NC(=O)[C@H](Cc1c[nH]c2ccccc12)n1c(=O)[nH]c2ccccc2c1=O)C(=O)NCC1CCC(C(=O)O)CC1. The van der Waals surface area contributed by atoms with E-state index in [1.54, 1.807) is 30.5 Å². The number of aliphatic carboxylic acids is 1. The van der Waals surface area contributed by atoms with E-state index in [0.29, 0.717) is 37.7 Å². The highest BCUT2D eigenvalue weighted by atomic mass is 16.4. The van der Waals surface area contributed by atoms with Gasteiger partial charge in [-0.3, -0.25) is 19.2 Å². The van der Waals surface area contributed by atoms with Gasteiger partial charge in [0.05, 0.1) is 16.8 Å². The fraction of sp³-hybridized carbons (Fsp3) is 0.406. The summed E-state index contributed by atoms with van der Waals surface area (Å²) >= 11 is 0. The molecule has 0 unspecified atom stereocenters. The zero-order chi connectivity index (χ0) is 30.7. The van der Waals surface area contributed by atoms with Crippen LogP contribution in [0.25, 0.3) is 21.8 Å². The summed E-state index contributed by atoms with van der Waals surface area (Å²) in [6.07, 6.45) is 4.36. The molecule has 1 aliphatic carbocycles. The second kappa shape index (κ2) is 12.7. The third kappa shape index (κ3) is 6.40. The Morgan fingerprint density at radius 2 is 1.58 bits per heavy atom. The molecular weight excluding hydrogens is 550 g/mol. The highest BCUT2D eigenvalue weighted by Crippen LogP contribution is 2.28. The van der Waals surface area contributed by atoms with E-state index >= 15 is 0 Å². The molecular formula is C32H37N5O6. The highest BCUT2D eigenvalue weighted by Gasteiger charge is 2.32. The molecule has 11 nitrogen and oxygen atoms in total. The van der Waals surface area contributed by atoms with E-state index in [-0.39, 0.29) is 35.5 Å². The van der Waals surface area contributed by atoms with E-state index in [0.717, 1.165) is 21.0 Å². The molecule has 2 amide bonds. The average Bonchev–Trinajstić information content (AvgIpc) is 3.40. The van der Waals surface area contributed by atoms with Gasteiger partial charge in [-0.25, -0.2) is 9.36 Å². The summed E-state index contributed by atoms with van der Waals surface area (Å²) in [5.74, 6) is -2.24. The predicted octanol–water partition coefficient (Wildman–Crippen LogP) is 3.10. The van der Waals surface area contributed by atoms with Crippen LogP contribution in [-0.2, 0) is 20.8 Å². The molecule has 226 valence electrons. The lowest BCUT2D eigenvalue weighted by Crippen LogP contribution is -2.54. The molecule has 5 rings (SSSR count). The summed E-state index contributed by atoms with van der Waals surface area (Å²) in [4.78, 5) is 71.4. The number of carbonyl (C=O) groups is 3. The molecule has 4 aromatic rings. The van der Waals surface area contributed by atoms with Crippen molar-refractivity contribution in [2.24, 2.45) is 17.8 Å². The molecule has 5 N–H and O–H groups in total. The van der Waals surface area contributed by atoms with Crippen molar-refractivity contribution in [1.82, 2.24) is 25.2 Å². The number of carbonyl (C=O) groups excluding carboxylic acids is 2. The van der Waals surface area contributed by atoms with Crippen LogP contribution in [0.2, 0.25) is 0 Å². The Kier molecular flexibility index (Phi) is 8.79. The van der Waals surface area contributed by atoms with Crippen molar-refractivity contribution in [2.45, 2.75) is 58.0 Å². The maximum absolute atomic E-state index is 14.0. The van der Waals surface area contributed by atoms with Crippen molar-refractivity contribution in [1.29, 1.82) is 0 Å². The zero-order valence-electron chi connectivity index (χ0n) is 24.3. The number of benzene rings is 2. The van der Waals surface area contributed by atoms with Crippen molar-refractivity contribution < 1.29 is 19.5 Å². The molecule has 2 aromatic heterocycles. The van der Waals surface area contributed by atoms with E-state index in [4.69, 9.17) is 0 Å². The number of fused-ring (bicyclic) bond motifs is 2. The Hall–Kier alpha value is -4.67. The smallest absolute Gasteiger partial charge is 0.329 e. The maximum Gasteiger partial charge on any atom is 0.329 e. The first-order valence-corrected chi connectivity index (χ1v) is 14.7. The molecule has 1 aliphatic rings. The van der Waals surface area contributed by atoms with E-state index < -0.39 is 35.2 Å². The summed E-state index contributed by atoms with van der Waals surface area (Å²) < 4.78 is 0.940. The number of carboxylic acid groups (broad SMARTS) is 1. The molecule has 1 fully saturated rings. The second-order valence-corrected chi connectivity index (χ2v) is 11.8. The van der Waals surface area contributed by atoms with Crippen LogP contribution >= 0.6 is 0 Å². The minimum atomic E-state index is -1.24. The van der Waals surface area contributed by atoms with Crippen LogP contribution in [0.4, 0.5) is 0 Å². The van der Waals surface area contributed by atoms with Crippen LogP contribution in [0.15, 0.2) is 64.3 Å². The number of carboxylic acids is 1. The molecule has 0 aliphatic heterocycles. The third-order valence-electron chi connectivity index (χ3n) is 8.55. The van der Waals surface area contributed by atoms with Gasteiger partial charge in [-0.2, -0.15) is 0 Å². The second-order valence-electron chi connectivity index (χ2n) is 11.8. The maximum atomic E-state index is 14.0. The Balaban J connectivity index is 1.41. The number of amides is 2. The van der Waals surface area contributed by atoms with Gasteiger partial charge in [0, 0.05) is 30.1 Å². The van der Waals surface area contributed by atoms with Gasteiger partial charge in [0.2, 0.25) is 11.8 Å². The van der Waals surface area contributed by atoms with Crippen molar-refractivity contribution in [3.63, 3.8) is 0 Å². The number of nitrogens with one attached hydrogen (secondary N) is 4. The van der Waals surface area contributed by atoms with Crippen LogP contribution < -0.4 is 21.9 Å². The Morgan fingerprint density at radius 1 is 0.930 bits per heavy atom. The largest absolute Gasteiger partial charge is 0.481 e. The van der Waals surface area contributed by atoms with Gasteiger partial charge in [-0.15, -0.1) is 0 Å². The first-order valence-electron chi connectivity index (χ1n) is 14.7. The number of aromatic amines is 2. The minimum Gasteiger partial charge on any atom is -0.481 e. The van der Waals surface area contributed by atoms with Crippen LogP contribution in [0, 0.1) is 17.8 Å². The van der Waals surface area contributed by atoms with E-state index in [1.807, 2.05) is 38.1 Å². The summed E-state index contributed by atoms with van der Waals surface area (Å²) in [5.41, 5.74) is 0.663. The Bertz CT molecular complexity index is 1760. The van der Waals surface area contributed by atoms with Crippen molar-refractivity contribution in [3.8, 4) is 0 Å². The lowest BCUT2D eigenvalue weighted by molar-refractivity contribution is -0.143. The molecule has 0 bridgehead atoms. The highest BCUT2D eigenvalue weighted by molar-refractivity contribution is 5.90. The van der Waals surface area contributed by atoms with Gasteiger partial charge in [0.25, 0.3) is 5.56 Å². The molecule has 11 heteroatoms. The molecule has 1 saturated carbocycles. The van der Waals surface area contributed by atoms with Gasteiger partial charge in [-0.05, 0) is 61.3 Å². The van der Waals surface area contributed by atoms with Crippen molar-refractivity contribution in [2.75, 3.05) is 6.54 Å². The Labute approximate surface area is 247 Å². The van der Waals surface area contributed by atoms with E-state index in [1.165, 1.54) is 0 Å². The molecule has 2 atom stereocenters. The summed E-state index contributed by atoms with van der Waals surface area (Å²) in [6, 6.07) is 12.0. The van der Waals surface area contributed by atoms with Gasteiger partial charge >= 0.3 is 11.7 Å². The fourth-order valence-electron chi connectivity index (χ4n) is 6.02. The number of rotatable bonds is 10. The quantitative estimate of drug-likeness (QED) is 0.191. The summed E-state index contributed by atoms with van der Waals surface area (Å²) in [5, 5.41) is 16.2. The van der Waals surface area contributed by atoms with Crippen molar-refractivity contribution in [3.05, 3.63) is 81.1 Å². The van der Waals surface area contributed by atoms with Crippen LogP contribution in [-0.4, -0.2) is 50.0 Å². The molecule has 0 spiro atoms. The molecule has 2 heterocycles. The van der Waals surface area contributed by atoms with Gasteiger partial charge in [-0.1, -0.05) is 44.2 Å². The van der Waals surface area contributed by atoms with E-state index in [2.05, 4.69) is 20.6 Å². The van der Waals surface area contributed by atoms with Crippen molar-refractivity contribution >= 4 is 39.6 Å². The number of para-hydroxylation sites is 2. The zero-order valence-corrected chi connectivity index (χ0v) is 24.3. The molecule has 0 radical (unpaired) electrons. The summed E-state index contributed by atoms with van der Waals surface area (Å²) in [6.45, 7) is 4.01. The number of H-pyrrole nitrogens is 2. The number of nitrogens with zero attached hydrogens (tertiary/aromatic N) is 1. The number of hydrogen-bond donors (Lipinski definition) is 5. The van der Waals surface area contributed by atoms with Gasteiger partial charge in [0.15, 0.2) is 0 Å². The topological polar surface area (TPSA) is 166 Å². The van der Waals surface area contributed by atoms with Crippen LogP contribution in [0.3, 0.4) is 0 Å². The monoisotopic (exact) mass is 587 g/mol. The molecule has 0 saturated heterocycles. The van der Waals surface area contributed by atoms with Gasteiger partial charge < -0.3 is 25.7 Å². The lowest BCUT2D eigenvalue weighted by atomic mass is 9.82. The average molecular weight is 588 g/mol. The first kappa shape index (κ1) is 29.8. The Morgan fingerprint density at radius 3 is 2.26 bits per heavy atom. The normalized spacial score (nSPS) is 18.4. The first-order chi connectivity index (χ1) is 20.6. The number of aromatic nitrogens is 3. The molecule has 2 aromatic carbocycles. The predicted molar refractivity (Wildman–Crippen MR) is 163 cm³/mol. The minimum absolute atomic E-state index is 0.0381. The van der Waals surface area contributed by atoms with Crippen LogP contribution in [0.1, 0.15) is 51.1 Å². The summed E-state index contributed by atoms with van der Waals surface area (Å²) in [7, 11) is 0. The third-order valence-corrected chi connectivity index (χ3v) is 8.55. The number of hydrogen-bond acceptors (Lipinski definition) is 5. The lowest BCUT2D eigenvalue weighted by Gasteiger charge is -2.28. The molecule has 43 heavy (non-hydrogen) atoms. The fourth-order valence-corrected chi connectivity index (χ4v) is 6.02. The standard InChI is InChI=1S/C32H37N5O6/c1-18(2)27(29(39)34-16-19-11-13-20(14-12-19)31(41)42)36-28(38)26(15-21-17-33-24-9-5-3-7-22(21)24)37-30(40)23-8-4-6-10-25(23)35-32(37)43/h3-10,17-20,26-27,33H,11-16H2,1-2H3,(H,34,39)(H,35,43)(H,36,38)(H,41,42)/t19?,20?,26-,27-/m0/s1. The van der Waals surface area contributed by atoms with E-state index in [9.17, 15) is 29.1 Å². The van der Waals surface area contributed by atoms with Gasteiger partial charge in [0.1, 0.15) is 12.1 Å². The van der Waals surface area contributed by atoms with Crippen LogP contribution in [0.5, 0.6) is 0 Å².